The van der Waals surface area contributed by atoms with Gasteiger partial charge in [-0.1, -0.05) is 147 Å². The maximum Gasteiger partial charge on any atom is 0.268 e. The van der Waals surface area contributed by atoms with Gasteiger partial charge in [0.25, 0.3) is 7.82 Å². The molecule has 9 heteroatoms. The van der Waals surface area contributed by atoms with Crippen LogP contribution in [0.3, 0.4) is 0 Å². The van der Waals surface area contributed by atoms with E-state index in [0.29, 0.717) is 17.4 Å². The van der Waals surface area contributed by atoms with Crippen LogP contribution in [0.15, 0.2) is 24.3 Å². The highest BCUT2D eigenvalue weighted by Gasteiger charge is 2.23. The first-order valence-corrected chi connectivity index (χ1v) is 20.7. The van der Waals surface area contributed by atoms with E-state index in [1.54, 1.807) is 6.08 Å². The third kappa shape index (κ3) is 33.3. The standard InChI is InChI=1S/C38H75N2O6P/c1-6-8-10-12-14-16-18-19-20-21-22-23-25-27-29-31-37(41)36(35-46-47(43,44)45-34-33-40(3,4)5)39-38(42)32-30-28-26-24-17-15-13-11-9-7-2/h22-23,29,31,36-37,41H,6-21,24-28,30,32-35H2,1-5H3,(H-,39,42,43,44)/b23-22+,31-29+. The van der Waals surface area contributed by atoms with Crippen molar-refractivity contribution < 1.29 is 32.9 Å². The van der Waals surface area contributed by atoms with Crippen LogP contribution in [0.5, 0.6) is 0 Å². The molecule has 0 saturated carbocycles. The van der Waals surface area contributed by atoms with Gasteiger partial charge in [-0.25, -0.2) is 0 Å². The van der Waals surface area contributed by atoms with Gasteiger partial charge < -0.3 is 28.8 Å². The van der Waals surface area contributed by atoms with Gasteiger partial charge in [0, 0.05) is 6.42 Å². The Morgan fingerprint density at radius 2 is 1.19 bits per heavy atom. The minimum atomic E-state index is -4.58. The van der Waals surface area contributed by atoms with E-state index in [-0.39, 0.29) is 19.1 Å². The number of hydrogen-bond acceptors (Lipinski definition) is 6. The second-order valence-corrected chi connectivity index (χ2v) is 15.7. The number of amides is 1. The van der Waals surface area contributed by atoms with E-state index in [1.165, 1.54) is 103 Å². The fourth-order valence-corrected chi connectivity index (χ4v) is 6.01. The second-order valence-electron chi connectivity index (χ2n) is 14.3. The molecular formula is C38H75N2O6P. The maximum absolute atomic E-state index is 12.7. The zero-order valence-electron chi connectivity index (χ0n) is 31.2. The van der Waals surface area contributed by atoms with Crippen molar-refractivity contribution >= 4 is 13.7 Å². The van der Waals surface area contributed by atoms with Crippen molar-refractivity contribution in [2.24, 2.45) is 0 Å². The zero-order chi connectivity index (χ0) is 35.1. The number of carbonyl (C=O) groups excluding carboxylic acids is 1. The first-order chi connectivity index (χ1) is 22.5. The van der Waals surface area contributed by atoms with E-state index in [4.69, 9.17) is 9.05 Å². The number of allylic oxidation sites excluding steroid dienone is 3. The van der Waals surface area contributed by atoms with Gasteiger partial charge in [0.15, 0.2) is 0 Å². The Bertz CT molecular complexity index is 829. The van der Waals surface area contributed by atoms with Gasteiger partial charge in [0.05, 0.1) is 39.9 Å². The number of nitrogens with one attached hydrogen (secondary N) is 1. The van der Waals surface area contributed by atoms with Crippen LogP contribution in [0.1, 0.15) is 162 Å². The fraction of sp³-hybridized carbons (Fsp3) is 0.868. The van der Waals surface area contributed by atoms with Crippen LogP contribution in [0.25, 0.3) is 0 Å². The number of hydrogen-bond donors (Lipinski definition) is 2. The fourth-order valence-electron chi connectivity index (χ4n) is 5.28. The van der Waals surface area contributed by atoms with E-state index >= 15 is 0 Å². The lowest BCUT2D eigenvalue weighted by atomic mass is 10.1. The van der Waals surface area contributed by atoms with Crippen molar-refractivity contribution in [3.63, 3.8) is 0 Å². The van der Waals surface area contributed by atoms with Gasteiger partial charge >= 0.3 is 0 Å². The highest BCUT2D eigenvalue weighted by Crippen LogP contribution is 2.38. The number of unbranched alkanes of at least 4 members (excludes halogenated alkanes) is 19. The Kier molecular flexibility index (Phi) is 30.3. The van der Waals surface area contributed by atoms with E-state index in [9.17, 15) is 19.4 Å². The summed E-state index contributed by atoms with van der Waals surface area (Å²) in [5.41, 5.74) is 0. The molecular weight excluding hydrogens is 611 g/mol. The SMILES string of the molecule is CCCCCCCCCCC/C=C/CC/C=C/C(O)C(COP(=O)([O-])OCC[N+](C)(C)C)NC(=O)CCCCCCCCCCCC. The molecule has 47 heavy (non-hydrogen) atoms. The molecule has 0 aliphatic heterocycles. The van der Waals surface area contributed by atoms with Crippen LogP contribution >= 0.6 is 7.82 Å². The highest BCUT2D eigenvalue weighted by atomic mass is 31.2. The number of nitrogens with zero attached hydrogens (tertiary/aromatic N) is 1. The number of aliphatic hydroxyl groups is 1. The lowest BCUT2D eigenvalue weighted by molar-refractivity contribution is -0.870. The number of quaternary nitrogens is 1. The summed E-state index contributed by atoms with van der Waals surface area (Å²) in [5, 5.41) is 13.7. The maximum atomic E-state index is 12.7. The Hall–Kier alpha value is -1.02. The topological polar surface area (TPSA) is 108 Å². The van der Waals surface area contributed by atoms with Crippen LogP contribution in [0, 0.1) is 0 Å². The summed E-state index contributed by atoms with van der Waals surface area (Å²) in [7, 11) is 1.24. The predicted molar refractivity (Wildman–Crippen MR) is 196 cm³/mol. The summed E-state index contributed by atoms with van der Waals surface area (Å²) in [6.45, 7) is 4.58. The van der Waals surface area contributed by atoms with Gasteiger partial charge in [0.1, 0.15) is 13.2 Å². The van der Waals surface area contributed by atoms with Crippen LogP contribution < -0.4 is 10.2 Å². The number of rotatable bonds is 34. The molecule has 0 spiro atoms. The molecule has 0 aliphatic rings. The van der Waals surface area contributed by atoms with Crippen LogP contribution in [-0.4, -0.2) is 68.5 Å². The van der Waals surface area contributed by atoms with Crippen LogP contribution in [0.2, 0.25) is 0 Å². The average Bonchev–Trinajstić information content (AvgIpc) is 3.01. The van der Waals surface area contributed by atoms with Crippen molar-refractivity contribution in [2.75, 3.05) is 40.9 Å². The molecule has 0 aromatic carbocycles. The van der Waals surface area contributed by atoms with Crippen LogP contribution in [0.4, 0.5) is 0 Å². The number of aliphatic hydroxyl groups excluding tert-OH is 1. The lowest BCUT2D eigenvalue weighted by Gasteiger charge is -2.29. The molecule has 8 nitrogen and oxygen atoms in total. The molecule has 0 fully saturated rings. The molecule has 278 valence electrons. The normalized spacial score (nSPS) is 15.0. The van der Waals surface area contributed by atoms with Crippen LogP contribution in [-0.2, 0) is 18.4 Å². The van der Waals surface area contributed by atoms with Gasteiger partial charge in [-0.05, 0) is 32.1 Å². The number of phosphoric ester groups is 1. The quantitative estimate of drug-likeness (QED) is 0.0303. The summed E-state index contributed by atoms with van der Waals surface area (Å²) in [6, 6.07) is -0.895. The third-order valence-electron chi connectivity index (χ3n) is 8.41. The summed E-state index contributed by atoms with van der Waals surface area (Å²) in [4.78, 5) is 25.1. The largest absolute Gasteiger partial charge is 0.756 e. The minimum absolute atomic E-state index is 0.00482. The van der Waals surface area contributed by atoms with E-state index in [1.807, 2.05) is 27.2 Å². The number of phosphoric acid groups is 1. The summed E-state index contributed by atoms with van der Waals surface area (Å²) in [6.07, 6.45) is 33.6. The third-order valence-corrected chi connectivity index (χ3v) is 9.38. The Morgan fingerprint density at radius 3 is 1.72 bits per heavy atom. The van der Waals surface area contributed by atoms with Crippen molar-refractivity contribution in [3.8, 4) is 0 Å². The molecule has 3 unspecified atom stereocenters. The van der Waals surface area contributed by atoms with Gasteiger partial charge in [0.2, 0.25) is 5.91 Å². The first kappa shape index (κ1) is 46.0. The van der Waals surface area contributed by atoms with Crippen molar-refractivity contribution in [3.05, 3.63) is 24.3 Å². The molecule has 0 heterocycles. The Balaban J connectivity index is 4.58. The molecule has 0 aromatic rings. The minimum Gasteiger partial charge on any atom is -0.756 e. The zero-order valence-corrected chi connectivity index (χ0v) is 32.1. The van der Waals surface area contributed by atoms with E-state index in [2.05, 4.69) is 31.3 Å². The molecule has 1 amide bonds. The molecule has 0 radical (unpaired) electrons. The van der Waals surface area contributed by atoms with Gasteiger partial charge in [-0.2, -0.15) is 0 Å². The van der Waals surface area contributed by atoms with E-state index < -0.39 is 20.0 Å². The molecule has 0 aromatic heterocycles. The molecule has 0 aliphatic carbocycles. The Labute approximate surface area is 290 Å². The average molecular weight is 687 g/mol. The van der Waals surface area contributed by atoms with E-state index in [0.717, 1.165) is 38.5 Å². The molecule has 0 bridgehead atoms. The smallest absolute Gasteiger partial charge is 0.268 e. The van der Waals surface area contributed by atoms with Crippen molar-refractivity contribution in [2.45, 2.75) is 174 Å². The lowest BCUT2D eigenvalue weighted by Crippen LogP contribution is -2.45. The predicted octanol–water partition coefficient (Wildman–Crippen LogP) is 9.16. The number of carbonyl (C=O) groups is 1. The van der Waals surface area contributed by atoms with Crippen molar-refractivity contribution in [1.82, 2.24) is 5.32 Å². The summed E-state index contributed by atoms with van der Waals surface area (Å²) >= 11 is 0. The van der Waals surface area contributed by atoms with Gasteiger partial charge in [-0.15, -0.1) is 0 Å². The number of likely N-dealkylation sites (N-methyl/N-ethyl adjacent to an activating group) is 1. The summed E-state index contributed by atoms with van der Waals surface area (Å²) < 4.78 is 23.0. The molecule has 2 N–H and O–H groups in total. The monoisotopic (exact) mass is 687 g/mol. The molecule has 0 rings (SSSR count). The summed E-state index contributed by atoms with van der Waals surface area (Å²) in [5.74, 6) is -0.211. The molecule has 3 atom stereocenters. The highest BCUT2D eigenvalue weighted by molar-refractivity contribution is 7.45. The second kappa shape index (κ2) is 31.0. The van der Waals surface area contributed by atoms with Crippen molar-refractivity contribution in [1.29, 1.82) is 0 Å². The van der Waals surface area contributed by atoms with Gasteiger partial charge in [-0.3, -0.25) is 9.36 Å². The molecule has 0 saturated heterocycles. The first-order valence-electron chi connectivity index (χ1n) is 19.2. The Morgan fingerprint density at radius 1 is 0.723 bits per heavy atom.